The lowest BCUT2D eigenvalue weighted by atomic mass is 10.0. The topological polar surface area (TPSA) is 67.5 Å². The van der Waals surface area contributed by atoms with Gasteiger partial charge in [0.05, 0.1) is 5.69 Å². The number of carbonyl (C=O) groups is 1. The number of guanidine groups is 1. The maximum atomic E-state index is 11.5. The van der Waals surface area contributed by atoms with E-state index in [1.807, 2.05) is 72.8 Å². The minimum absolute atomic E-state index is 0.237. The van der Waals surface area contributed by atoms with E-state index in [1.165, 1.54) is 0 Å². The van der Waals surface area contributed by atoms with Crippen LogP contribution in [0.5, 0.6) is 0 Å². The monoisotopic (exact) mass is 339 g/mol. The fourth-order valence-electron chi connectivity index (χ4n) is 3.11. The molecule has 0 unspecified atom stereocenters. The van der Waals surface area contributed by atoms with E-state index in [0.717, 1.165) is 33.5 Å². The molecule has 0 spiro atoms. The summed E-state index contributed by atoms with van der Waals surface area (Å²) in [5.74, 6) is 0.237. The number of nitrogens with one attached hydrogen (secondary N) is 1. The lowest BCUT2D eigenvalue weighted by molar-refractivity contribution is 0.112. The Morgan fingerprint density at radius 1 is 0.808 bits per heavy atom. The fraction of sp³-hybridized carbons (Fsp3) is 0. The van der Waals surface area contributed by atoms with Crippen molar-refractivity contribution >= 4 is 45.2 Å². The standard InChI is InChI=1S/C22H17N3O/c23-22(24-20-11-5-8-15-6-1-3-9-18(15)20)25-21-17(14-26)13-12-16-7-2-4-10-19(16)21/h1-14H,(H3,23,24,25). The van der Waals surface area contributed by atoms with Crippen molar-refractivity contribution in [2.24, 2.45) is 10.7 Å². The number of benzene rings is 4. The highest BCUT2D eigenvalue weighted by molar-refractivity contribution is 6.07. The predicted octanol–water partition coefficient (Wildman–Crippen LogP) is 4.86. The van der Waals surface area contributed by atoms with Gasteiger partial charge in [0.2, 0.25) is 0 Å². The number of nitrogens with two attached hydrogens (primary N) is 1. The third-order valence-electron chi connectivity index (χ3n) is 4.34. The van der Waals surface area contributed by atoms with E-state index < -0.39 is 0 Å². The van der Waals surface area contributed by atoms with Gasteiger partial charge in [-0.1, -0.05) is 66.7 Å². The smallest absolute Gasteiger partial charge is 0.198 e. The van der Waals surface area contributed by atoms with Crippen LogP contribution in [0.4, 0.5) is 11.4 Å². The van der Waals surface area contributed by atoms with Crippen molar-refractivity contribution in [3.05, 3.63) is 84.4 Å². The van der Waals surface area contributed by atoms with Gasteiger partial charge in [0.1, 0.15) is 0 Å². The molecule has 0 amide bonds. The molecular weight excluding hydrogens is 322 g/mol. The van der Waals surface area contributed by atoms with Gasteiger partial charge >= 0.3 is 0 Å². The Bertz CT molecular complexity index is 1140. The van der Waals surface area contributed by atoms with Crippen molar-refractivity contribution in [3.8, 4) is 0 Å². The van der Waals surface area contributed by atoms with Crippen molar-refractivity contribution < 1.29 is 4.79 Å². The van der Waals surface area contributed by atoms with Crippen LogP contribution in [0.3, 0.4) is 0 Å². The molecule has 0 bridgehead atoms. The second kappa shape index (κ2) is 6.69. The molecule has 0 aromatic heterocycles. The van der Waals surface area contributed by atoms with Crippen LogP contribution in [0, 0.1) is 0 Å². The van der Waals surface area contributed by atoms with Gasteiger partial charge in [-0.25, -0.2) is 4.99 Å². The number of aliphatic imine (C=N–C) groups is 1. The Labute approximate surface area is 151 Å². The Kier molecular flexibility index (Phi) is 4.07. The zero-order valence-corrected chi connectivity index (χ0v) is 14.0. The third-order valence-corrected chi connectivity index (χ3v) is 4.34. The number of anilines is 1. The Morgan fingerprint density at radius 3 is 2.23 bits per heavy atom. The molecule has 4 aromatic rings. The highest BCUT2D eigenvalue weighted by atomic mass is 16.1. The van der Waals surface area contributed by atoms with Gasteiger partial charge in [-0.2, -0.15) is 0 Å². The first-order valence-electron chi connectivity index (χ1n) is 8.32. The molecule has 126 valence electrons. The average molecular weight is 339 g/mol. The second-order valence-electron chi connectivity index (χ2n) is 5.99. The van der Waals surface area contributed by atoms with Gasteiger partial charge in [0, 0.05) is 22.0 Å². The van der Waals surface area contributed by atoms with E-state index in [2.05, 4.69) is 10.3 Å². The zero-order chi connectivity index (χ0) is 17.9. The lowest BCUT2D eigenvalue weighted by Crippen LogP contribution is -2.22. The lowest BCUT2D eigenvalue weighted by Gasteiger charge is -2.11. The van der Waals surface area contributed by atoms with Crippen molar-refractivity contribution in [3.63, 3.8) is 0 Å². The summed E-state index contributed by atoms with van der Waals surface area (Å²) in [4.78, 5) is 16.0. The highest BCUT2D eigenvalue weighted by Gasteiger charge is 2.08. The van der Waals surface area contributed by atoms with Crippen LogP contribution in [-0.4, -0.2) is 12.2 Å². The van der Waals surface area contributed by atoms with Gasteiger partial charge < -0.3 is 11.1 Å². The molecule has 0 radical (unpaired) electrons. The van der Waals surface area contributed by atoms with Crippen molar-refractivity contribution in [1.82, 2.24) is 0 Å². The summed E-state index contributed by atoms with van der Waals surface area (Å²) in [6.45, 7) is 0. The summed E-state index contributed by atoms with van der Waals surface area (Å²) in [5.41, 5.74) is 8.12. The summed E-state index contributed by atoms with van der Waals surface area (Å²) in [6.07, 6.45) is 0.802. The fourth-order valence-corrected chi connectivity index (χ4v) is 3.11. The number of fused-ring (bicyclic) bond motifs is 2. The summed E-state index contributed by atoms with van der Waals surface area (Å²) in [6, 6.07) is 25.5. The molecule has 26 heavy (non-hydrogen) atoms. The number of hydrogen-bond acceptors (Lipinski definition) is 2. The molecule has 0 aliphatic heterocycles. The van der Waals surface area contributed by atoms with Crippen LogP contribution in [0.2, 0.25) is 0 Å². The number of rotatable bonds is 3. The molecule has 0 heterocycles. The van der Waals surface area contributed by atoms with Crippen molar-refractivity contribution in [1.29, 1.82) is 0 Å². The molecule has 0 atom stereocenters. The summed E-state index contributed by atoms with van der Waals surface area (Å²) >= 11 is 0. The zero-order valence-electron chi connectivity index (χ0n) is 14.0. The third kappa shape index (κ3) is 2.89. The molecule has 4 aromatic carbocycles. The number of hydrogen-bond donors (Lipinski definition) is 2. The van der Waals surface area contributed by atoms with E-state index in [-0.39, 0.29) is 5.96 Å². The molecule has 0 fully saturated rings. The Morgan fingerprint density at radius 2 is 1.46 bits per heavy atom. The van der Waals surface area contributed by atoms with Gasteiger partial charge in [0.15, 0.2) is 12.2 Å². The number of nitrogens with zero attached hydrogens (tertiary/aromatic N) is 1. The van der Waals surface area contributed by atoms with E-state index >= 15 is 0 Å². The molecule has 0 saturated carbocycles. The van der Waals surface area contributed by atoms with Crippen molar-refractivity contribution in [2.45, 2.75) is 0 Å². The minimum Gasteiger partial charge on any atom is -0.369 e. The van der Waals surface area contributed by atoms with Crippen LogP contribution in [0.25, 0.3) is 21.5 Å². The van der Waals surface area contributed by atoms with Crippen LogP contribution >= 0.6 is 0 Å². The van der Waals surface area contributed by atoms with Crippen LogP contribution in [0.1, 0.15) is 10.4 Å². The summed E-state index contributed by atoms with van der Waals surface area (Å²) < 4.78 is 0. The largest absolute Gasteiger partial charge is 0.369 e. The Hall–Kier alpha value is -3.66. The Balaban J connectivity index is 1.79. The van der Waals surface area contributed by atoms with Crippen LogP contribution in [-0.2, 0) is 0 Å². The maximum Gasteiger partial charge on any atom is 0.198 e. The van der Waals surface area contributed by atoms with E-state index in [0.29, 0.717) is 11.3 Å². The number of carbonyl (C=O) groups excluding carboxylic acids is 1. The van der Waals surface area contributed by atoms with Crippen LogP contribution < -0.4 is 11.1 Å². The quantitative estimate of drug-likeness (QED) is 0.318. The maximum absolute atomic E-state index is 11.5. The molecule has 4 heteroatoms. The summed E-state index contributed by atoms with van der Waals surface area (Å²) in [5, 5.41) is 7.23. The predicted molar refractivity (Wildman–Crippen MR) is 108 cm³/mol. The molecule has 0 saturated heterocycles. The van der Waals surface area contributed by atoms with Crippen LogP contribution in [0.15, 0.2) is 83.9 Å². The first-order chi connectivity index (χ1) is 12.8. The molecule has 0 aliphatic carbocycles. The second-order valence-corrected chi connectivity index (χ2v) is 5.99. The first-order valence-corrected chi connectivity index (χ1v) is 8.32. The molecule has 4 nitrogen and oxygen atoms in total. The first kappa shape index (κ1) is 15.8. The molecule has 4 rings (SSSR count). The average Bonchev–Trinajstić information content (AvgIpc) is 2.68. The van der Waals surface area contributed by atoms with E-state index in [9.17, 15) is 4.79 Å². The summed E-state index contributed by atoms with van der Waals surface area (Å²) in [7, 11) is 0. The van der Waals surface area contributed by atoms with Crippen molar-refractivity contribution in [2.75, 3.05) is 5.32 Å². The number of aldehydes is 1. The van der Waals surface area contributed by atoms with Gasteiger partial charge in [0.25, 0.3) is 0 Å². The highest BCUT2D eigenvalue weighted by Crippen LogP contribution is 2.30. The van der Waals surface area contributed by atoms with Gasteiger partial charge in [-0.05, 0) is 22.9 Å². The van der Waals surface area contributed by atoms with E-state index in [4.69, 9.17) is 5.73 Å². The molecule has 3 N–H and O–H groups in total. The van der Waals surface area contributed by atoms with E-state index in [1.54, 1.807) is 6.07 Å². The van der Waals surface area contributed by atoms with Gasteiger partial charge in [-0.3, -0.25) is 4.79 Å². The normalized spacial score (nSPS) is 11.6. The minimum atomic E-state index is 0.237. The molecule has 0 aliphatic rings. The van der Waals surface area contributed by atoms with Gasteiger partial charge in [-0.15, -0.1) is 0 Å². The SMILES string of the molecule is NC(=Nc1c(C=O)ccc2ccccc12)Nc1cccc2ccccc12. The molecular formula is C22H17N3O.